The normalized spacial score (nSPS) is 28.3. The molecule has 0 spiro atoms. The van der Waals surface area contributed by atoms with Crippen LogP contribution in [0.4, 0.5) is 0 Å². The maximum atomic E-state index is 4.92. The molecule has 0 aliphatic carbocycles. The van der Waals surface area contributed by atoms with Crippen LogP contribution in [0.15, 0.2) is 0 Å². The van der Waals surface area contributed by atoms with Gasteiger partial charge in [-0.15, -0.1) is 0 Å². The Hall–Kier alpha value is -0.830. The summed E-state index contributed by atoms with van der Waals surface area (Å²) >= 11 is 0. The van der Waals surface area contributed by atoms with Gasteiger partial charge >= 0.3 is 0 Å². The van der Waals surface area contributed by atoms with Crippen LogP contribution in [0, 0.1) is 5.92 Å². The Morgan fingerprint density at radius 3 is 2.78 bits per heavy atom. The van der Waals surface area contributed by atoms with Gasteiger partial charge in [0.25, 0.3) is 0 Å². The van der Waals surface area contributed by atoms with E-state index in [0.29, 0.717) is 12.1 Å². The van der Waals surface area contributed by atoms with Gasteiger partial charge in [-0.3, -0.25) is 4.90 Å². The van der Waals surface area contributed by atoms with Crippen LogP contribution < -0.4 is 0 Å². The molecule has 0 saturated heterocycles. The van der Waals surface area contributed by atoms with E-state index in [4.69, 9.17) is 4.98 Å². The highest BCUT2D eigenvalue weighted by Gasteiger charge is 2.30. The van der Waals surface area contributed by atoms with Gasteiger partial charge in [0, 0.05) is 38.0 Å². The van der Waals surface area contributed by atoms with Gasteiger partial charge in [-0.2, -0.15) is 0 Å². The summed E-state index contributed by atoms with van der Waals surface area (Å²) < 4.78 is 2.55. The lowest BCUT2D eigenvalue weighted by atomic mass is 9.94. The molecule has 0 N–H and O–H groups in total. The molecule has 3 nitrogen and oxygen atoms in total. The molecule has 3 heterocycles. The second kappa shape index (κ2) is 4.37. The maximum Gasteiger partial charge on any atom is 0.109 e. The molecule has 0 saturated carbocycles. The fourth-order valence-electron chi connectivity index (χ4n) is 3.65. The van der Waals surface area contributed by atoms with E-state index >= 15 is 0 Å². The Bertz CT molecular complexity index is 447. The van der Waals surface area contributed by atoms with Crippen molar-refractivity contribution < 1.29 is 0 Å². The summed E-state index contributed by atoms with van der Waals surface area (Å²) in [4.78, 5) is 7.49. The number of aromatic nitrogens is 2. The molecule has 1 aromatic rings. The first-order valence-corrected chi connectivity index (χ1v) is 7.39. The first-order valence-electron chi connectivity index (χ1n) is 7.39. The predicted molar refractivity (Wildman–Crippen MR) is 73.7 cm³/mol. The number of hydrogen-bond donors (Lipinski definition) is 0. The molecule has 18 heavy (non-hydrogen) atoms. The third-order valence-corrected chi connectivity index (χ3v) is 4.60. The van der Waals surface area contributed by atoms with E-state index in [2.05, 4.69) is 37.2 Å². The monoisotopic (exact) mass is 247 g/mol. The minimum absolute atomic E-state index is 0.632. The summed E-state index contributed by atoms with van der Waals surface area (Å²) in [6, 6.07) is 1.27. The van der Waals surface area contributed by atoms with Gasteiger partial charge in [0.2, 0.25) is 0 Å². The smallest absolute Gasteiger partial charge is 0.109 e. The van der Waals surface area contributed by atoms with Crippen LogP contribution in [-0.4, -0.2) is 27.0 Å². The van der Waals surface area contributed by atoms with E-state index in [1.807, 2.05) is 0 Å². The van der Waals surface area contributed by atoms with Gasteiger partial charge in [-0.05, 0) is 33.1 Å². The molecule has 0 radical (unpaired) electrons. The molecule has 100 valence electrons. The van der Waals surface area contributed by atoms with Crippen molar-refractivity contribution in [3.8, 4) is 0 Å². The van der Waals surface area contributed by atoms with Crippen molar-refractivity contribution in [3.63, 3.8) is 0 Å². The molecule has 2 atom stereocenters. The molecule has 2 unspecified atom stereocenters. The second-order valence-corrected chi connectivity index (χ2v) is 6.50. The Morgan fingerprint density at radius 1 is 1.28 bits per heavy atom. The van der Waals surface area contributed by atoms with Gasteiger partial charge in [-0.25, -0.2) is 4.98 Å². The number of imidazole rings is 1. The molecule has 1 aromatic heterocycles. The van der Waals surface area contributed by atoms with Crippen molar-refractivity contribution in [2.75, 3.05) is 6.54 Å². The van der Waals surface area contributed by atoms with Gasteiger partial charge in [0.15, 0.2) is 0 Å². The van der Waals surface area contributed by atoms with Crippen molar-refractivity contribution in [1.82, 2.24) is 14.5 Å². The molecule has 0 amide bonds. The van der Waals surface area contributed by atoms with Crippen LogP contribution in [0.3, 0.4) is 0 Å². The van der Waals surface area contributed by atoms with E-state index in [9.17, 15) is 0 Å². The average molecular weight is 247 g/mol. The van der Waals surface area contributed by atoms with Gasteiger partial charge < -0.3 is 4.57 Å². The second-order valence-electron chi connectivity index (χ2n) is 6.50. The van der Waals surface area contributed by atoms with Gasteiger partial charge in [0.1, 0.15) is 5.82 Å². The van der Waals surface area contributed by atoms with Crippen molar-refractivity contribution in [2.24, 2.45) is 5.92 Å². The highest BCUT2D eigenvalue weighted by molar-refractivity contribution is 5.23. The predicted octanol–water partition coefficient (Wildman–Crippen LogP) is 2.79. The average Bonchev–Trinajstić information content (AvgIpc) is 2.65. The molecular formula is C15H25N3. The van der Waals surface area contributed by atoms with Crippen LogP contribution in [0.25, 0.3) is 0 Å². The number of fused-ring (bicyclic) bond motifs is 3. The fraction of sp³-hybridized carbons (Fsp3) is 0.800. The largest absolute Gasteiger partial charge is 0.328 e. The van der Waals surface area contributed by atoms with E-state index < -0.39 is 0 Å². The van der Waals surface area contributed by atoms with Crippen LogP contribution in [-0.2, 0) is 19.4 Å². The van der Waals surface area contributed by atoms with Crippen molar-refractivity contribution in [1.29, 1.82) is 0 Å². The zero-order chi connectivity index (χ0) is 12.9. The Balaban J connectivity index is 1.97. The minimum Gasteiger partial charge on any atom is -0.328 e. The lowest BCUT2D eigenvalue weighted by Gasteiger charge is -2.33. The molecular weight excluding hydrogens is 222 g/mol. The van der Waals surface area contributed by atoms with Crippen LogP contribution in [0.2, 0.25) is 0 Å². The van der Waals surface area contributed by atoms with E-state index in [1.54, 1.807) is 0 Å². The third-order valence-electron chi connectivity index (χ3n) is 4.60. The molecule has 3 rings (SSSR count). The lowest BCUT2D eigenvalue weighted by molar-refractivity contribution is 0.192. The standard InChI is InChI=1S/C15H25N3/c1-10(2)17-6-5-13-14(9-17)18-12(4)7-11(3)8-15(18)16-13/h10-12H,5-9H2,1-4H3. The van der Waals surface area contributed by atoms with Crippen LogP contribution in [0.1, 0.15) is 57.4 Å². The zero-order valence-corrected chi connectivity index (χ0v) is 12.1. The number of rotatable bonds is 1. The number of nitrogens with zero attached hydrogens (tertiary/aromatic N) is 3. The summed E-state index contributed by atoms with van der Waals surface area (Å²) in [5, 5.41) is 0. The van der Waals surface area contributed by atoms with E-state index in [-0.39, 0.29) is 0 Å². The summed E-state index contributed by atoms with van der Waals surface area (Å²) in [5.41, 5.74) is 2.88. The van der Waals surface area contributed by atoms with Crippen LogP contribution in [0.5, 0.6) is 0 Å². The Labute approximate surface area is 110 Å². The van der Waals surface area contributed by atoms with Crippen molar-refractivity contribution in [3.05, 3.63) is 17.2 Å². The molecule has 2 aliphatic heterocycles. The quantitative estimate of drug-likeness (QED) is 0.761. The maximum absolute atomic E-state index is 4.92. The zero-order valence-electron chi connectivity index (χ0n) is 12.1. The van der Waals surface area contributed by atoms with Crippen LogP contribution >= 0.6 is 0 Å². The topological polar surface area (TPSA) is 21.1 Å². The number of hydrogen-bond acceptors (Lipinski definition) is 2. The highest BCUT2D eigenvalue weighted by atomic mass is 15.2. The third kappa shape index (κ3) is 1.89. The Morgan fingerprint density at radius 2 is 2.06 bits per heavy atom. The first kappa shape index (κ1) is 12.2. The molecule has 0 bridgehead atoms. The summed E-state index contributed by atoms with van der Waals surface area (Å²) in [5.74, 6) is 2.13. The summed E-state index contributed by atoms with van der Waals surface area (Å²) in [7, 11) is 0. The summed E-state index contributed by atoms with van der Waals surface area (Å²) in [6.07, 6.45) is 3.60. The van der Waals surface area contributed by atoms with Gasteiger partial charge in [0.05, 0.1) is 11.4 Å². The minimum atomic E-state index is 0.632. The first-order chi connectivity index (χ1) is 8.56. The van der Waals surface area contributed by atoms with Crippen molar-refractivity contribution in [2.45, 2.75) is 65.6 Å². The highest BCUT2D eigenvalue weighted by Crippen LogP contribution is 2.33. The molecule has 0 fully saturated rings. The molecule has 2 aliphatic rings. The molecule has 3 heteroatoms. The van der Waals surface area contributed by atoms with E-state index in [1.165, 1.54) is 36.6 Å². The Kier molecular flexibility index (Phi) is 2.97. The van der Waals surface area contributed by atoms with Crippen molar-refractivity contribution >= 4 is 0 Å². The fourth-order valence-corrected chi connectivity index (χ4v) is 3.65. The van der Waals surface area contributed by atoms with Gasteiger partial charge in [-0.1, -0.05) is 6.92 Å². The molecule has 0 aromatic carbocycles. The van der Waals surface area contributed by atoms with E-state index in [0.717, 1.165) is 18.9 Å². The SMILES string of the molecule is CC1Cc2nc3c(n2C(C)C1)CN(C(C)C)CC3. The lowest BCUT2D eigenvalue weighted by Crippen LogP contribution is -2.37. The summed E-state index contributed by atoms with van der Waals surface area (Å²) in [6.45, 7) is 11.6.